The summed E-state index contributed by atoms with van der Waals surface area (Å²) in [5.74, 6) is 0. The number of methoxy groups -OCH3 is 1. The number of rotatable bonds is 4. The van der Waals surface area contributed by atoms with E-state index in [4.69, 9.17) is 22.1 Å². The van der Waals surface area contributed by atoms with Crippen molar-refractivity contribution in [3.05, 3.63) is 34.9 Å². The second-order valence-electron chi connectivity index (χ2n) is 3.45. The molecular formula is C11H16ClNO. The molecule has 0 saturated heterocycles. The molecule has 0 aromatic heterocycles. The molecule has 0 aliphatic heterocycles. The number of halogens is 1. The third-order valence-corrected chi connectivity index (χ3v) is 2.67. The minimum Gasteiger partial charge on any atom is -0.382 e. The van der Waals surface area contributed by atoms with Crippen LogP contribution in [0.3, 0.4) is 0 Å². The SMILES string of the molecule is CCC(N)(COC)c1cccc(Cl)c1. The highest BCUT2D eigenvalue weighted by atomic mass is 35.5. The third-order valence-electron chi connectivity index (χ3n) is 2.43. The van der Waals surface area contributed by atoms with Crippen LogP contribution in [0.25, 0.3) is 0 Å². The van der Waals surface area contributed by atoms with Crippen molar-refractivity contribution >= 4 is 11.6 Å². The van der Waals surface area contributed by atoms with Gasteiger partial charge in [-0.05, 0) is 24.1 Å². The van der Waals surface area contributed by atoms with Crippen molar-refractivity contribution in [2.45, 2.75) is 18.9 Å². The monoisotopic (exact) mass is 213 g/mol. The van der Waals surface area contributed by atoms with Crippen LogP contribution < -0.4 is 5.73 Å². The summed E-state index contributed by atoms with van der Waals surface area (Å²) in [7, 11) is 1.65. The van der Waals surface area contributed by atoms with Gasteiger partial charge in [0.25, 0.3) is 0 Å². The van der Waals surface area contributed by atoms with Gasteiger partial charge in [0.1, 0.15) is 0 Å². The summed E-state index contributed by atoms with van der Waals surface area (Å²) in [6.45, 7) is 2.55. The Labute approximate surface area is 90.0 Å². The zero-order valence-corrected chi connectivity index (χ0v) is 9.34. The Bertz CT molecular complexity index is 303. The molecule has 0 amide bonds. The van der Waals surface area contributed by atoms with Crippen molar-refractivity contribution in [2.24, 2.45) is 5.73 Å². The summed E-state index contributed by atoms with van der Waals surface area (Å²) < 4.78 is 5.12. The van der Waals surface area contributed by atoms with Crippen LogP contribution in [0, 0.1) is 0 Å². The first kappa shape index (κ1) is 11.5. The minimum absolute atomic E-state index is 0.431. The highest BCUT2D eigenvalue weighted by Gasteiger charge is 2.25. The van der Waals surface area contributed by atoms with Gasteiger partial charge in [0.2, 0.25) is 0 Å². The first-order valence-corrected chi connectivity index (χ1v) is 5.04. The van der Waals surface area contributed by atoms with E-state index < -0.39 is 5.54 Å². The number of nitrogens with two attached hydrogens (primary N) is 1. The zero-order chi connectivity index (χ0) is 10.6. The fourth-order valence-corrected chi connectivity index (χ4v) is 1.64. The van der Waals surface area contributed by atoms with E-state index in [1.165, 1.54) is 0 Å². The molecule has 1 aromatic carbocycles. The Kier molecular flexibility index (Phi) is 3.93. The predicted octanol–water partition coefficient (Wildman–Crippen LogP) is 2.55. The van der Waals surface area contributed by atoms with E-state index >= 15 is 0 Å². The number of hydrogen-bond acceptors (Lipinski definition) is 2. The van der Waals surface area contributed by atoms with E-state index in [0.717, 1.165) is 12.0 Å². The van der Waals surface area contributed by atoms with Crippen molar-refractivity contribution in [1.82, 2.24) is 0 Å². The van der Waals surface area contributed by atoms with Crippen molar-refractivity contribution < 1.29 is 4.74 Å². The summed E-state index contributed by atoms with van der Waals surface area (Å²) in [6, 6.07) is 7.62. The molecule has 0 heterocycles. The van der Waals surface area contributed by atoms with E-state index in [9.17, 15) is 0 Å². The molecule has 0 saturated carbocycles. The molecule has 0 aliphatic rings. The highest BCUT2D eigenvalue weighted by Crippen LogP contribution is 2.24. The van der Waals surface area contributed by atoms with E-state index in [1.54, 1.807) is 7.11 Å². The Morgan fingerprint density at radius 2 is 2.21 bits per heavy atom. The first-order chi connectivity index (χ1) is 6.62. The summed E-state index contributed by atoms with van der Waals surface area (Å²) in [5, 5.41) is 0.710. The average molecular weight is 214 g/mol. The van der Waals surface area contributed by atoms with Crippen molar-refractivity contribution in [1.29, 1.82) is 0 Å². The van der Waals surface area contributed by atoms with Gasteiger partial charge >= 0.3 is 0 Å². The summed E-state index contributed by atoms with van der Waals surface area (Å²) >= 11 is 5.91. The van der Waals surface area contributed by atoms with Gasteiger partial charge in [0.15, 0.2) is 0 Å². The largest absolute Gasteiger partial charge is 0.382 e. The normalized spacial score (nSPS) is 15.1. The molecule has 0 bridgehead atoms. The topological polar surface area (TPSA) is 35.2 Å². The van der Waals surface area contributed by atoms with Crippen LogP contribution in [0.1, 0.15) is 18.9 Å². The molecule has 2 N–H and O–H groups in total. The Balaban J connectivity index is 2.99. The number of benzene rings is 1. The second-order valence-corrected chi connectivity index (χ2v) is 3.89. The molecule has 0 spiro atoms. The zero-order valence-electron chi connectivity index (χ0n) is 8.59. The third kappa shape index (κ3) is 2.47. The van der Waals surface area contributed by atoms with Crippen molar-refractivity contribution in [3.8, 4) is 0 Å². The van der Waals surface area contributed by atoms with Crippen LogP contribution in [0.5, 0.6) is 0 Å². The van der Waals surface area contributed by atoms with E-state index in [0.29, 0.717) is 11.6 Å². The van der Waals surface area contributed by atoms with Gasteiger partial charge < -0.3 is 10.5 Å². The van der Waals surface area contributed by atoms with Crippen molar-refractivity contribution in [3.63, 3.8) is 0 Å². The molecule has 0 aliphatic carbocycles. The number of ether oxygens (including phenoxy) is 1. The van der Waals surface area contributed by atoms with E-state index in [1.807, 2.05) is 31.2 Å². The fraction of sp³-hybridized carbons (Fsp3) is 0.455. The highest BCUT2D eigenvalue weighted by molar-refractivity contribution is 6.30. The quantitative estimate of drug-likeness (QED) is 0.835. The van der Waals surface area contributed by atoms with Crippen LogP contribution >= 0.6 is 11.6 Å². The maximum absolute atomic E-state index is 6.21. The Morgan fingerprint density at radius 3 is 2.71 bits per heavy atom. The first-order valence-electron chi connectivity index (χ1n) is 4.66. The molecule has 14 heavy (non-hydrogen) atoms. The molecule has 3 heteroatoms. The van der Waals surface area contributed by atoms with Crippen LogP contribution in [-0.4, -0.2) is 13.7 Å². The van der Waals surface area contributed by atoms with Gasteiger partial charge in [0, 0.05) is 12.1 Å². The fourth-order valence-electron chi connectivity index (χ4n) is 1.45. The predicted molar refractivity (Wildman–Crippen MR) is 59.5 cm³/mol. The molecule has 1 rings (SSSR count). The molecule has 1 unspecified atom stereocenters. The van der Waals surface area contributed by atoms with Crippen LogP contribution in [0.4, 0.5) is 0 Å². The van der Waals surface area contributed by atoms with E-state index in [2.05, 4.69) is 0 Å². The lowest BCUT2D eigenvalue weighted by atomic mass is 9.89. The lowest BCUT2D eigenvalue weighted by Crippen LogP contribution is -2.40. The lowest BCUT2D eigenvalue weighted by Gasteiger charge is -2.27. The van der Waals surface area contributed by atoms with Crippen LogP contribution in [0.2, 0.25) is 5.02 Å². The summed E-state index contributed by atoms with van der Waals surface area (Å²) in [6.07, 6.45) is 0.821. The van der Waals surface area contributed by atoms with E-state index in [-0.39, 0.29) is 0 Å². The van der Waals surface area contributed by atoms with Gasteiger partial charge in [-0.2, -0.15) is 0 Å². The summed E-state index contributed by atoms with van der Waals surface area (Å²) in [4.78, 5) is 0. The maximum atomic E-state index is 6.21. The average Bonchev–Trinajstić information content (AvgIpc) is 2.18. The van der Waals surface area contributed by atoms with Crippen LogP contribution in [-0.2, 0) is 10.3 Å². The molecular weight excluding hydrogens is 198 g/mol. The molecule has 1 aromatic rings. The van der Waals surface area contributed by atoms with Crippen molar-refractivity contribution in [2.75, 3.05) is 13.7 Å². The van der Waals surface area contributed by atoms with Gasteiger partial charge in [-0.25, -0.2) is 0 Å². The molecule has 2 nitrogen and oxygen atoms in total. The molecule has 0 fully saturated rings. The minimum atomic E-state index is -0.431. The molecule has 0 radical (unpaired) electrons. The molecule has 1 atom stereocenters. The molecule has 78 valence electrons. The van der Waals surface area contributed by atoms with Gasteiger partial charge in [-0.1, -0.05) is 30.7 Å². The van der Waals surface area contributed by atoms with Gasteiger partial charge in [-0.15, -0.1) is 0 Å². The number of hydrogen-bond donors (Lipinski definition) is 1. The van der Waals surface area contributed by atoms with Gasteiger partial charge in [-0.3, -0.25) is 0 Å². The second kappa shape index (κ2) is 4.78. The maximum Gasteiger partial charge on any atom is 0.0684 e. The Hall–Kier alpha value is -0.570. The lowest BCUT2D eigenvalue weighted by molar-refractivity contribution is 0.129. The Morgan fingerprint density at radius 1 is 1.50 bits per heavy atom. The smallest absolute Gasteiger partial charge is 0.0684 e. The van der Waals surface area contributed by atoms with Crippen LogP contribution in [0.15, 0.2) is 24.3 Å². The standard InChI is InChI=1S/C11H16ClNO/c1-3-11(13,8-14-2)9-5-4-6-10(12)7-9/h4-7H,3,8,13H2,1-2H3. The summed E-state index contributed by atoms with van der Waals surface area (Å²) in [5.41, 5.74) is 6.81. The van der Waals surface area contributed by atoms with Gasteiger partial charge in [0.05, 0.1) is 12.1 Å².